The van der Waals surface area contributed by atoms with Gasteiger partial charge in [0.15, 0.2) is 5.78 Å². The average molecular weight is 223 g/mol. The minimum absolute atomic E-state index is 0.249. The van der Waals surface area contributed by atoms with Crippen LogP contribution in [0.1, 0.15) is 13.8 Å². The van der Waals surface area contributed by atoms with Crippen molar-refractivity contribution >= 4 is 11.8 Å². The Morgan fingerprint density at radius 2 is 2.38 bits per heavy atom. The van der Waals surface area contributed by atoms with Crippen LogP contribution in [0.15, 0.2) is 24.9 Å². The molecule has 0 aromatic heterocycles. The Hall–Kier alpha value is -1.58. The summed E-state index contributed by atoms with van der Waals surface area (Å²) < 4.78 is 5.00. The van der Waals surface area contributed by atoms with E-state index in [-0.39, 0.29) is 18.3 Å². The van der Waals surface area contributed by atoms with Gasteiger partial charge in [-0.1, -0.05) is 13.0 Å². The van der Waals surface area contributed by atoms with Crippen molar-refractivity contribution < 1.29 is 14.3 Å². The van der Waals surface area contributed by atoms with Crippen molar-refractivity contribution in [3.05, 3.63) is 24.9 Å². The topological polar surface area (TPSA) is 46.6 Å². The standard InChI is InChI=1S/C12H17NO3/c1-5-9(3)12(11(15)16-6-2)10(14)7-8-13(12)4/h5,7-9H,1,6H2,2-4H3. The molecule has 0 amide bonds. The fourth-order valence-electron chi connectivity index (χ4n) is 1.99. The second-order valence-electron chi connectivity index (χ2n) is 3.80. The molecule has 0 aromatic rings. The van der Waals surface area contributed by atoms with Crippen molar-refractivity contribution in [2.24, 2.45) is 5.92 Å². The minimum atomic E-state index is -1.27. The van der Waals surface area contributed by atoms with E-state index in [0.29, 0.717) is 0 Å². The molecular formula is C12H17NO3. The van der Waals surface area contributed by atoms with Gasteiger partial charge in [0.2, 0.25) is 5.54 Å². The number of nitrogens with zero attached hydrogens (tertiary/aromatic N) is 1. The lowest BCUT2D eigenvalue weighted by Crippen LogP contribution is -2.58. The molecule has 0 saturated heterocycles. The summed E-state index contributed by atoms with van der Waals surface area (Å²) in [6.45, 7) is 7.41. The molecule has 0 bridgehead atoms. The Bertz CT molecular complexity index is 348. The van der Waals surface area contributed by atoms with E-state index in [9.17, 15) is 9.59 Å². The van der Waals surface area contributed by atoms with Crippen molar-refractivity contribution in [2.75, 3.05) is 13.7 Å². The lowest BCUT2D eigenvalue weighted by Gasteiger charge is -2.36. The Kier molecular flexibility index (Phi) is 3.52. The molecule has 0 saturated carbocycles. The van der Waals surface area contributed by atoms with Crippen LogP contribution in [-0.2, 0) is 14.3 Å². The Morgan fingerprint density at radius 1 is 1.75 bits per heavy atom. The number of rotatable bonds is 4. The number of hydrogen-bond donors (Lipinski definition) is 0. The molecule has 2 unspecified atom stereocenters. The molecule has 16 heavy (non-hydrogen) atoms. The van der Waals surface area contributed by atoms with Gasteiger partial charge in [-0.3, -0.25) is 4.79 Å². The molecule has 4 heteroatoms. The molecular weight excluding hydrogens is 206 g/mol. The first-order valence-electron chi connectivity index (χ1n) is 5.27. The van der Waals surface area contributed by atoms with Gasteiger partial charge in [-0.2, -0.15) is 0 Å². The number of hydrogen-bond acceptors (Lipinski definition) is 4. The van der Waals surface area contributed by atoms with Gasteiger partial charge >= 0.3 is 5.97 Å². The maximum atomic E-state index is 12.0. The molecule has 4 nitrogen and oxygen atoms in total. The van der Waals surface area contributed by atoms with Crippen molar-refractivity contribution in [3.63, 3.8) is 0 Å². The summed E-state index contributed by atoms with van der Waals surface area (Å²) in [5, 5.41) is 0. The van der Waals surface area contributed by atoms with Crippen molar-refractivity contribution in [3.8, 4) is 0 Å². The predicted molar refractivity (Wildman–Crippen MR) is 60.6 cm³/mol. The Labute approximate surface area is 95.6 Å². The fraction of sp³-hybridized carbons (Fsp3) is 0.500. The molecule has 1 rings (SSSR count). The van der Waals surface area contributed by atoms with Gasteiger partial charge in [-0.25, -0.2) is 4.79 Å². The maximum absolute atomic E-state index is 12.0. The first-order chi connectivity index (χ1) is 7.51. The molecule has 2 atom stereocenters. The molecule has 0 N–H and O–H groups in total. The zero-order valence-electron chi connectivity index (χ0n) is 9.90. The second kappa shape index (κ2) is 4.51. The number of carbonyl (C=O) groups excluding carboxylic acids is 2. The minimum Gasteiger partial charge on any atom is -0.464 e. The van der Waals surface area contributed by atoms with Gasteiger partial charge in [0.25, 0.3) is 0 Å². The largest absolute Gasteiger partial charge is 0.464 e. The highest BCUT2D eigenvalue weighted by molar-refractivity contribution is 6.15. The van der Waals surface area contributed by atoms with Crippen LogP contribution in [0.5, 0.6) is 0 Å². The number of esters is 1. The van der Waals surface area contributed by atoms with E-state index < -0.39 is 11.5 Å². The summed E-state index contributed by atoms with van der Waals surface area (Å²) >= 11 is 0. The van der Waals surface area contributed by atoms with E-state index >= 15 is 0 Å². The normalized spacial score (nSPS) is 25.7. The summed E-state index contributed by atoms with van der Waals surface area (Å²) in [5.74, 6) is -1.07. The number of carbonyl (C=O) groups is 2. The molecule has 0 fully saturated rings. The number of ether oxygens (including phenoxy) is 1. The number of likely N-dealkylation sites (N-methyl/N-ethyl adjacent to an activating group) is 1. The van der Waals surface area contributed by atoms with Crippen LogP contribution in [0.4, 0.5) is 0 Å². The number of ketones is 1. The Balaban J connectivity index is 3.17. The monoisotopic (exact) mass is 223 g/mol. The molecule has 0 spiro atoms. The molecule has 1 aliphatic rings. The molecule has 88 valence electrons. The third kappa shape index (κ3) is 1.54. The summed E-state index contributed by atoms with van der Waals surface area (Å²) in [6.07, 6.45) is 4.59. The highest BCUT2D eigenvalue weighted by Crippen LogP contribution is 2.32. The first-order valence-corrected chi connectivity index (χ1v) is 5.27. The van der Waals surface area contributed by atoms with E-state index in [1.54, 1.807) is 38.1 Å². The molecule has 1 aliphatic heterocycles. The van der Waals surface area contributed by atoms with Gasteiger partial charge in [0.05, 0.1) is 6.61 Å². The van der Waals surface area contributed by atoms with Crippen LogP contribution in [0.2, 0.25) is 0 Å². The smallest absolute Gasteiger partial charge is 0.340 e. The summed E-state index contributed by atoms with van der Waals surface area (Å²) in [4.78, 5) is 25.6. The van der Waals surface area contributed by atoms with Crippen LogP contribution >= 0.6 is 0 Å². The molecule has 1 heterocycles. The zero-order valence-corrected chi connectivity index (χ0v) is 9.90. The van der Waals surface area contributed by atoms with Gasteiger partial charge in [-0.05, 0) is 6.92 Å². The Morgan fingerprint density at radius 3 is 2.75 bits per heavy atom. The van der Waals surface area contributed by atoms with Crippen molar-refractivity contribution in [2.45, 2.75) is 19.4 Å². The van der Waals surface area contributed by atoms with Gasteiger partial charge in [0, 0.05) is 25.2 Å². The fourth-order valence-corrected chi connectivity index (χ4v) is 1.99. The SMILES string of the molecule is C=CC(C)C1(C(=O)OCC)C(=O)C=CN1C. The molecule has 0 aliphatic carbocycles. The van der Waals surface area contributed by atoms with E-state index in [4.69, 9.17) is 4.74 Å². The summed E-state index contributed by atoms with van der Waals surface area (Å²) in [7, 11) is 1.69. The van der Waals surface area contributed by atoms with E-state index in [2.05, 4.69) is 6.58 Å². The van der Waals surface area contributed by atoms with E-state index in [1.165, 1.54) is 6.08 Å². The van der Waals surface area contributed by atoms with Crippen LogP contribution in [0, 0.1) is 5.92 Å². The van der Waals surface area contributed by atoms with Gasteiger partial charge in [-0.15, -0.1) is 6.58 Å². The highest BCUT2D eigenvalue weighted by Gasteiger charge is 2.54. The quantitative estimate of drug-likeness (QED) is 0.407. The lowest BCUT2D eigenvalue weighted by atomic mass is 9.81. The third-order valence-corrected chi connectivity index (χ3v) is 2.98. The molecule has 0 aromatic carbocycles. The zero-order chi connectivity index (χ0) is 12.3. The van der Waals surface area contributed by atoms with Crippen molar-refractivity contribution in [1.29, 1.82) is 0 Å². The van der Waals surface area contributed by atoms with Crippen LogP contribution < -0.4 is 0 Å². The van der Waals surface area contributed by atoms with Gasteiger partial charge in [0.1, 0.15) is 0 Å². The van der Waals surface area contributed by atoms with Gasteiger partial charge < -0.3 is 9.64 Å². The van der Waals surface area contributed by atoms with Crippen LogP contribution in [0.25, 0.3) is 0 Å². The lowest BCUT2D eigenvalue weighted by molar-refractivity contribution is -0.160. The van der Waals surface area contributed by atoms with Crippen LogP contribution in [0.3, 0.4) is 0 Å². The van der Waals surface area contributed by atoms with E-state index in [1.807, 2.05) is 0 Å². The first kappa shape index (κ1) is 12.5. The average Bonchev–Trinajstić information content (AvgIpc) is 2.55. The summed E-state index contributed by atoms with van der Waals surface area (Å²) in [5.41, 5.74) is -1.27. The van der Waals surface area contributed by atoms with E-state index in [0.717, 1.165) is 0 Å². The second-order valence-corrected chi connectivity index (χ2v) is 3.80. The molecule has 0 radical (unpaired) electrons. The van der Waals surface area contributed by atoms with Crippen molar-refractivity contribution in [1.82, 2.24) is 4.90 Å². The maximum Gasteiger partial charge on any atom is 0.340 e. The summed E-state index contributed by atoms with van der Waals surface area (Å²) in [6, 6.07) is 0. The van der Waals surface area contributed by atoms with Crippen LogP contribution in [-0.4, -0.2) is 35.8 Å². The highest BCUT2D eigenvalue weighted by atomic mass is 16.5. The third-order valence-electron chi connectivity index (χ3n) is 2.98. The predicted octanol–water partition coefficient (Wildman–Crippen LogP) is 1.14.